The predicted octanol–water partition coefficient (Wildman–Crippen LogP) is 1.91. The second-order valence-electron chi connectivity index (χ2n) is 4.10. The van der Waals surface area contributed by atoms with Gasteiger partial charge in [-0.1, -0.05) is 6.07 Å². The molecule has 1 aromatic carbocycles. The minimum Gasteiger partial charge on any atom is -0.478 e. The third-order valence-electron chi connectivity index (χ3n) is 2.82. The summed E-state index contributed by atoms with van der Waals surface area (Å²) in [6.07, 6.45) is 4.08. The molecule has 2 aromatic rings. The highest BCUT2D eigenvalue weighted by Gasteiger charge is 2.13. The van der Waals surface area contributed by atoms with Gasteiger partial charge in [0.05, 0.1) is 11.3 Å². The molecule has 2 N–H and O–H groups in total. The SMILES string of the molecule is Cn1ccnc1CCNc1c(F)cccc1C(=O)O. The van der Waals surface area contributed by atoms with E-state index in [4.69, 9.17) is 5.11 Å². The van der Waals surface area contributed by atoms with Crippen LogP contribution in [0.25, 0.3) is 0 Å². The van der Waals surface area contributed by atoms with E-state index in [-0.39, 0.29) is 11.3 Å². The van der Waals surface area contributed by atoms with E-state index in [1.807, 2.05) is 17.8 Å². The number of carboxylic acids is 1. The van der Waals surface area contributed by atoms with Crippen LogP contribution < -0.4 is 5.32 Å². The molecule has 0 atom stereocenters. The zero-order chi connectivity index (χ0) is 13.8. The number of hydrogen-bond donors (Lipinski definition) is 2. The third-order valence-corrected chi connectivity index (χ3v) is 2.82. The molecule has 0 saturated carbocycles. The summed E-state index contributed by atoms with van der Waals surface area (Å²) < 4.78 is 15.5. The number of nitrogens with zero attached hydrogens (tertiary/aromatic N) is 2. The molecule has 5 nitrogen and oxygen atoms in total. The number of anilines is 1. The molecule has 0 aliphatic carbocycles. The lowest BCUT2D eigenvalue weighted by Crippen LogP contribution is -2.13. The molecule has 1 heterocycles. The van der Waals surface area contributed by atoms with Crippen LogP contribution in [-0.4, -0.2) is 27.2 Å². The first-order valence-corrected chi connectivity index (χ1v) is 5.81. The van der Waals surface area contributed by atoms with Crippen LogP contribution in [-0.2, 0) is 13.5 Å². The molecule has 0 aliphatic rings. The van der Waals surface area contributed by atoms with Gasteiger partial charge < -0.3 is 15.0 Å². The number of carboxylic acid groups (broad SMARTS) is 1. The van der Waals surface area contributed by atoms with Crippen molar-refractivity contribution in [3.63, 3.8) is 0 Å². The standard InChI is InChI=1S/C13H14FN3O2/c1-17-8-7-15-11(17)5-6-16-12-9(13(18)19)3-2-4-10(12)14/h2-4,7-8,16H,5-6H2,1H3,(H,18,19). The van der Waals surface area contributed by atoms with E-state index in [1.165, 1.54) is 18.2 Å². The Balaban J connectivity index is 2.07. The van der Waals surface area contributed by atoms with E-state index >= 15 is 0 Å². The van der Waals surface area contributed by atoms with E-state index < -0.39 is 11.8 Å². The lowest BCUT2D eigenvalue weighted by molar-refractivity contribution is 0.0697. The number of halogens is 1. The Hall–Kier alpha value is -2.37. The average Bonchev–Trinajstić information content (AvgIpc) is 2.77. The van der Waals surface area contributed by atoms with Crippen LogP contribution in [0.2, 0.25) is 0 Å². The summed E-state index contributed by atoms with van der Waals surface area (Å²) in [6, 6.07) is 3.98. The van der Waals surface area contributed by atoms with E-state index in [2.05, 4.69) is 10.3 Å². The molecular formula is C13H14FN3O2. The van der Waals surface area contributed by atoms with E-state index in [0.717, 1.165) is 5.82 Å². The van der Waals surface area contributed by atoms with Crippen molar-refractivity contribution < 1.29 is 14.3 Å². The fourth-order valence-electron chi connectivity index (χ4n) is 1.82. The van der Waals surface area contributed by atoms with Gasteiger partial charge in [-0.15, -0.1) is 0 Å². The third kappa shape index (κ3) is 2.90. The summed E-state index contributed by atoms with van der Waals surface area (Å²) >= 11 is 0. The maximum Gasteiger partial charge on any atom is 0.337 e. The van der Waals surface area contributed by atoms with Gasteiger partial charge >= 0.3 is 5.97 Å². The van der Waals surface area contributed by atoms with Crippen LogP contribution in [0, 0.1) is 5.82 Å². The first-order valence-electron chi connectivity index (χ1n) is 5.81. The molecule has 0 spiro atoms. The van der Waals surface area contributed by atoms with Crippen molar-refractivity contribution in [1.29, 1.82) is 0 Å². The largest absolute Gasteiger partial charge is 0.478 e. The van der Waals surface area contributed by atoms with Gasteiger partial charge in [0.1, 0.15) is 11.6 Å². The van der Waals surface area contributed by atoms with Crippen molar-refractivity contribution in [2.75, 3.05) is 11.9 Å². The highest BCUT2D eigenvalue weighted by atomic mass is 19.1. The maximum absolute atomic E-state index is 13.6. The molecular weight excluding hydrogens is 249 g/mol. The van der Waals surface area contributed by atoms with Crippen LogP contribution in [0.1, 0.15) is 16.2 Å². The number of para-hydroxylation sites is 1. The number of nitrogens with one attached hydrogen (secondary N) is 1. The molecule has 0 fully saturated rings. The number of benzene rings is 1. The van der Waals surface area contributed by atoms with Gasteiger partial charge in [0, 0.05) is 32.4 Å². The molecule has 1 aromatic heterocycles. The summed E-state index contributed by atoms with van der Waals surface area (Å²) in [5.74, 6) is -0.876. The van der Waals surface area contributed by atoms with Crippen LogP contribution >= 0.6 is 0 Å². The number of aromatic carboxylic acids is 1. The number of hydrogen-bond acceptors (Lipinski definition) is 3. The molecule has 0 unspecified atom stereocenters. The molecule has 0 aliphatic heterocycles. The van der Waals surface area contributed by atoms with Gasteiger partial charge in [-0.05, 0) is 12.1 Å². The minimum absolute atomic E-state index is 0.0178. The molecule has 19 heavy (non-hydrogen) atoms. The number of rotatable bonds is 5. The lowest BCUT2D eigenvalue weighted by atomic mass is 10.1. The van der Waals surface area contributed by atoms with Crippen molar-refractivity contribution in [2.45, 2.75) is 6.42 Å². The van der Waals surface area contributed by atoms with Gasteiger partial charge in [-0.3, -0.25) is 0 Å². The van der Waals surface area contributed by atoms with Gasteiger partial charge in [0.25, 0.3) is 0 Å². The second kappa shape index (κ2) is 5.51. The first kappa shape index (κ1) is 13.1. The number of imidazole rings is 1. The molecule has 0 saturated heterocycles. The molecule has 100 valence electrons. The van der Waals surface area contributed by atoms with Crippen molar-refractivity contribution in [3.05, 3.63) is 47.8 Å². The Labute approximate surface area is 109 Å². The fourth-order valence-corrected chi connectivity index (χ4v) is 1.82. The monoisotopic (exact) mass is 263 g/mol. The first-order chi connectivity index (χ1) is 9.09. The number of aromatic nitrogens is 2. The highest BCUT2D eigenvalue weighted by molar-refractivity contribution is 5.94. The summed E-state index contributed by atoms with van der Waals surface area (Å²) in [5.41, 5.74) is -0.0518. The van der Waals surface area contributed by atoms with Crippen molar-refractivity contribution in [3.8, 4) is 0 Å². The van der Waals surface area contributed by atoms with Gasteiger partial charge in [0.15, 0.2) is 0 Å². The van der Waals surface area contributed by atoms with Gasteiger partial charge in [-0.2, -0.15) is 0 Å². The zero-order valence-corrected chi connectivity index (χ0v) is 10.4. The Morgan fingerprint density at radius 2 is 2.32 bits per heavy atom. The smallest absolute Gasteiger partial charge is 0.337 e. The van der Waals surface area contributed by atoms with Gasteiger partial charge in [0.2, 0.25) is 0 Å². The van der Waals surface area contributed by atoms with Crippen LogP contribution in [0.5, 0.6) is 0 Å². The van der Waals surface area contributed by atoms with Gasteiger partial charge in [-0.25, -0.2) is 14.2 Å². The Bertz CT molecular complexity index is 595. The summed E-state index contributed by atoms with van der Waals surface area (Å²) in [4.78, 5) is 15.1. The Kier molecular flexibility index (Phi) is 3.79. The van der Waals surface area contributed by atoms with E-state index in [0.29, 0.717) is 13.0 Å². The van der Waals surface area contributed by atoms with Crippen molar-refractivity contribution >= 4 is 11.7 Å². The van der Waals surface area contributed by atoms with E-state index in [1.54, 1.807) is 6.20 Å². The molecule has 0 amide bonds. The predicted molar refractivity (Wildman–Crippen MR) is 68.8 cm³/mol. The summed E-state index contributed by atoms with van der Waals surface area (Å²) in [6.45, 7) is 0.409. The number of aryl methyl sites for hydroxylation is 1. The Morgan fingerprint density at radius 3 is 2.95 bits per heavy atom. The number of carbonyl (C=O) groups is 1. The second-order valence-corrected chi connectivity index (χ2v) is 4.10. The maximum atomic E-state index is 13.6. The highest BCUT2D eigenvalue weighted by Crippen LogP contribution is 2.19. The van der Waals surface area contributed by atoms with Crippen LogP contribution in [0.4, 0.5) is 10.1 Å². The quantitative estimate of drug-likeness (QED) is 0.864. The molecule has 0 bridgehead atoms. The van der Waals surface area contributed by atoms with Crippen LogP contribution in [0.15, 0.2) is 30.6 Å². The normalized spacial score (nSPS) is 10.4. The molecule has 2 rings (SSSR count). The Morgan fingerprint density at radius 1 is 1.53 bits per heavy atom. The average molecular weight is 263 g/mol. The topological polar surface area (TPSA) is 67.2 Å². The minimum atomic E-state index is -1.15. The molecule has 0 radical (unpaired) electrons. The lowest BCUT2D eigenvalue weighted by Gasteiger charge is -2.10. The fraction of sp³-hybridized carbons (Fsp3) is 0.231. The van der Waals surface area contributed by atoms with Crippen molar-refractivity contribution in [2.24, 2.45) is 7.05 Å². The summed E-state index contributed by atoms with van der Waals surface area (Å²) in [5, 5.41) is 11.8. The van der Waals surface area contributed by atoms with E-state index in [9.17, 15) is 9.18 Å². The zero-order valence-electron chi connectivity index (χ0n) is 10.4. The van der Waals surface area contributed by atoms with Crippen LogP contribution in [0.3, 0.4) is 0 Å². The van der Waals surface area contributed by atoms with Crippen molar-refractivity contribution in [1.82, 2.24) is 9.55 Å². The summed E-state index contributed by atoms with van der Waals surface area (Å²) in [7, 11) is 1.87. The molecule has 6 heteroatoms.